The molecular weight excluding hydrogens is 350 g/mol. The highest BCUT2D eigenvalue weighted by atomic mass is 16.6. The summed E-state index contributed by atoms with van der Waals surface area (Å²) in [5, 5.41) is 30.9. The van der Waals surface area contributed by atoms with Gasteiger partial charge in [-0.25, -0.2) is 0 Å². The zero-order chi connectivity index (χ0) is 19.2. The average Bonchev–Trinajstić information content (AvgIpc) is 2.68. The molecule has 1 atom stereocenters. The maximum Gasteiger partial charge on any atom is 0.273 e. The first-order chi connectivity index (χ1) is 13.0. The van der Waals surface area contributed by atoms with E-state index in [1.165, 1.54) is 12.1 Å². The molecule has 27 heavy (non-hydrogen) atoms. The molecule has 8 heteroatoms. The number of phenolic OH excluding ortho intramolecular Hbond substituents is 1. The van der Waals surface area contributed by atoms with Crippen molar-refractivity contribution < 1.29 is 19.9 Å². The fourth-order valence-electron chi connectivity index (χ4n) is 3.13. The van der Waals surface area contributed by atoms with Gasteiger partial charge in [0.15, 0.2) is 0 Å². The van der Waals surface area contributed by atoms with Crippen LogP contribution in [0.25, 0.3) is 0 Å². The molecule has 1 fully saturated rings. The number of aliphatic hydroxyl groups excluding tert-OH is 1. The number of para-hydroxylation sites is 2. The normalized spacial score (nSPS) is 16.1. The van der Waals surface area contributed by atoms with Crippen molar-refractivity contribution in [3.8, 4) is 11.5 Å². The van der Waals surface area contributed by atoms with Crippen LogP contribution in [0.4, 0.5) is 11.4 Å². The van der Waals surface area contributed by atoms with Crippen LogP contribution in [-0.4, -0.2) is 65.5 Å². The third-order valence-electron chi connectivity index (χ3n) is 4.53. The van der Waals surface area contributed by atoms with Crippen molar-refractivity contribution in [1.82, 2.24) is 4.90 Å². The number of non-ortho nitro benzene ring substituents is 1. The minimum Gasteiger partial charge on any atom is -0.506 e. The SMILES string of the molecule is O=[N+]([O-])c1cccc(OCC(O)CN2CCN(c3ccccc3O)CC2)c1. The fraction of sp³-hybridized carbons (Fsp3) is 0.368. The van der Waals surface area contributed by atoms with Crippen LogP contribution in [0.1, 0.15) is 0 Å². The summed E-state index contributed by atoms with van der Waals surface area (Å²) in [5.41, 5.74) is 0.786. The van der Waals surface area contributed by atoms with E-state index in [1.807, 2.05) is 12.1 Å². The number of β-amino-alcohol motifs (C(OH)–C–C–N with tert-alkyl or cyclic N) is 1. The minimum atomic E-state index is -0.694. The van der Waals surface area contributed by atoms with E-state index < -0.39 is 11.0 Å². The zero-order valence-electron chi connectivity index (χ0n) is 14.9. The van der Waals surface area contributed by atoms with E-state index in [2.05, 4.69) is 9.80 Å². The smallest absolute Gasteiger partial charge is 0.273 e. The van der Waals surface area contributed by atoms with Crippen molar-refractivity contribution in [1.29, 1.82) is 0 Å². The first kappa shape index (κ1) is 18.9. The topological polar surface area (TPSA) is 99.3 Å². The van der Waals surface area contributed by atoms with Crippen LogP contribution in [0, 0.1) is 10.1 Å². The van der Waals surface area contributed by atoms with Crippen molar-refractivity contribution in [2.24, 2.45) is 0 Å². The molecule has 3 rings (SSSR count). The number of piperazine rings is 1. The second-order valence-corrected chi connectivity index (χ2v) is 6.50. The number of aliphatic hydroxyl groups is 1. The van der Waals surface area contributed by atoms with Gasteiger partial charge in [0.25, 0.3) is 5.69 Å². The fourth-order valence-corrected chi connectivity index (χ4v) is 3.13. The average molecular weight is 373 g/mol. The van der Waals surface area contributed by atoms with Gasteiger partial charge in [0, 0.05) is 38.8 Å². The van der Waals surface area contributed by atoms with Gasteiger partial charge in [-0.05, 0) is 18.2 Å². The highest BCUT2D eigenvalue weighted by molar-refractivity contribution is 5.57. The molecule has 1 aliphatic heterocycles. The van der Waals surface area contributed by atoms with Crippen LogP contribution >= 0.6 is 0 Å². The molecule has 0 amide bonds. The molecule has 144 valence electrons. The van der Waals surface area contributed by atoms with Gasteiger partial charge in [-0.1, -0.05) is 18.2 Å². The third kappa shape index (κ3) is 5.08. The van der Waals surface area contributed by atoms with Crippen molar-refractivity contribution in [2.75, 3.05) is 44.2 Å². The Hall–Kier alpha value is -2.84. The molecule has 1 aliphatic rings. The summed E-state index contributed by atoms with van der Waals surface area (Å²) in [7, 11) is 0. The maximum absolute atomic E-state index is 10.8. The number of rotatable bonds is 7. The lowest BCUT2D eigenvalue weighted by atomic mass is 10.2. The molecule has 1 unspecified atom stereocenters. The highest BCUT2D eigenvalue weighted by Gasteiger charge is 2.21. The first-order valence-corrected chi connectivity index (χ1v) is 8.83. The van der Waals surface area contributed by atoms with Crippen LogP contribution in [0.3, 0.4) is 0 Å². The number of nitro benzene ring substituents is 1. The third-order valence-corrected chi connectivity index (χ3v) is 4.53. The van der Waals surface area contributed by atoms with Gasteiger partial charge >= 0.3 is 0 Å². The Kier molecular flexibility index (Phi) is 6.10. The summed E-state index contributed by atoms with van der Waals surface area (Å²) in [6, 6.07) is 13.2. The van der Waals surface area contributed by atoms with Crippen LogP contribution < -0.4 is 9.64 Å². The van der Waals surface area contributed by atoms with Gasteiger partial charge in [0.05, 0.1) is 16.7 Å². The molecule has 0 bridgehead atoms. The van der Waals surface area contributed by atoms with Crippen LogP contribution in [0.2, 0.25) is 0 Å². The summed E-state index contributed by atoms with van der Waals surface area (Å²) < 4.78 is 5.48. The number of nitro groups is 1. The quantitative estimate of drug-likeness (QED) is 0.564. The van der Waals surface area contributed by atoms with E-state index >= 15 is 0 Å². The molecule has 0 aliphatic carbocycles. The Morgan fingerprint density at radius 2 is 1.85 bits per heavy atom. The van der Waals surface area contributed by atoms with E-state index in [0.717, 1.165) is 31.9 Å². The van der Waals surface area contributed by atoms with Gasteiger partial charge < -0.3 is 19.8 Å². The molecule has 0 saturated carbocycles. The van der Waals surface area contributed by atoms with Crippen LogP contribution in [0.5, 0.6) is 11.5 Å². The van der Waals surface area contributed by atoms with Crippen molar-refractivity contribution in [2.45, 2.75) is 6.10 Å². The van der Waals surface area contributed by atoms with E-state index in [-0.39, 0.29) is 18.0 Å². The minimum absolute atomic E-state index is 0.0396. The summed E-state index contributed by atoms with van der Waals surface area (Å²) in [4.78, 5) is 14.6. The van der Waals surface area contributed by atoms with Gasteiger partial charge in [0.1, 0.15) is 24.2 Å². The Morgan fingerprint density at radius 1 is 1.11 bits per heavy atom. The van der Waals surface area contributed by atoms with E-state index in [4.69, 9.17) is 4.74 Å². The molecule has 8 nitrogen and oxygen atoms in total. The van der Waals surface area contributed by atoms with Crippen LogP contribution in [0.15, 0.2) is 48.5 Å². The van der Waals surface area contributed by atoms with E-state index in [9.17, 15) is 20.3 Å². The van der Waals surface area contributed by atoms with Gasteiger partial charge in [-0.15, -0.1) is 0 Å². The molecule has 2 aromatic rings. The van der Waals surface area contributed by atoms with Crippen LogP contribution in [-0.2, 0) is 0 Å². The number of hydrogen-bond acceptors (Lipinski definition) is 7. The molecular formula is C19H23N3O5. The second-order valence-electron chi connectivity index (χ2n) is 6.50. The summed E-state index contributed by atoms with van der Waals surface area (Å²) in [5.74, 6) is 0.643. The molecule has 2 aromatic carbocycles. The predicted octanol–water partition coefficient (Wildman–Crippen LogP) is 1.86. The second kappa shape index (κ2) is 8.70. The van der Waals surface area contributed by atoms with Crippen molar-refractivity contribution in [3.05, 3.63) is 58.6 Å². The van der Waals surface area contributed by atoms with Gasteiger partial charge in [0.2, 0.25) is 0 Å². The zero-order valence-corrected chi connectivity index (χ0v) is 14.9. The summed E-state index contributed by atoms with van der Waals surface area (Å²) in [6.07, 6.45) is -0.694. The number of benzene rings is 2. The van der Waals surface area contributed by atoms with Gasteiger partial charge in [-0.3, -0.25) is 15.0 Å². The standard InChI is InChI=1S/C19H23N3O5/c23-16(14-27-17-5-3-4-15(12-17)22(25)26)13-20-8-10-21(11-9-20)18-6-1-2-7-19(18)24/h1-7,12,16,23-24H,8-11,13-14H2. The molecule has 2 N–H and O–H groups in total. The Balaban J connectivity index is 1.44. The summed E-state index contributed by atoms with van der Waals surface area (Å²) in [6.45, 7) is 3.58. The predicted molar refractivity (Wildman–Crippen MR) is 101 cm³/mol. The lowest BCUT2D eigenvalue weighted by Gasteiger charge is -2.37. The number of phenols is 1. The number of aromatic hydroxyl groups is 1. The Bertz CT molecular complexity index is 777. The lowest BCUT2D eigenvalue weighted by Crippen LogP contribution is -2.49. The van der Waals surface area contributed by atoms with Crippen molar-refractivity contribution >= 4 is 11.4 Å². The summed E-state index contributed by atoms with van der Waals surface area (Å²) >= 11 is 0. The Morgan fingerprint density at radius 3 is 2.56 bits per heavy atom. The highest BCUT2D eigenvalue weighted by Crippen LogP contribution is 2.27. The number of hydrogen-bond donors (Lipinski definition) is 2. The van der Waals surface area contributed by atoms with Crippen molar-refractivity contribution in [3.63, 3.8) is 0 Å². The molecule has 0 aromatic heterocycles. The number of ether oxygens (including phenoxy) is 1. The largest absolute Gasteiger partial charge is 0.506 e. The maximum atomic E-state index is 10.8. The Labute approximate surface area is 157 Å². The molecule has 1 saturated heterocycles. The van der Waals surface area contributed by atoms with Gasteiger partial charge in [-0.2, -0.15) is 0 Å². The number of anilines is 1. The molecule has 1 heterocycles. The first-order valence-electron chi connectivity index (χ1n) is 8.83. The monoisotopic (exact) mass is 373 g/mol. The molecule has 0 spiro atoms. The van der Waals surface area contributed by atoms with E-state index in [0.29, 0.717) is 12.3 Å². The van der Waals surface area contributed by atoms with E-state index in [1.54, 1.807) is 24.3 Å². The molecule has 0 radical (unpaired) electrons. The lowest BCUT2D eigenvalue weighted by molar-refractivity contribution is -0.384. The number of nitrogens with zero attached hydrogens (tertiary/aromatic N) is 3.